The zero-order valence-electron chi connectivity index (χ0n) is 12.2. The van der Waals surface area contributed by atoms with Gasteiger partial charge in [-0.2, -0.15) is 5.10 Å². The van der Waals surface area contributed by atoms with Crippen molar-refractivity contribution in [3.05, 3.63) is 42.1 Å². The average molecular weight is 295 g/mol. The van der Waals surface area contributed by atoms with Gasteiger partial charge in [0.15, 0.2) is 0 Å². The maximum absolute atomic E-state index is 12.2. The number of para-hydroxylation sites is 1. The van der Waals surface area contributed by atoms with Gasteiger partial charge in [-0.15, -0.1) is 0 Å². The van der Waals surface area contributed by atoms with Gasteiger partial charge in [-0.05, 0) is 24.1 Å². The van der Waals surface area contributed by atoms with E-state index in [0.29, 0.717) is 25.5 Å². The van der Waals surface area contributed by atoms with Crippen LogP contribution in [-0.4, -0.2) is 34.8 Å². The average Bonchev–Trinajstić information content (AvgIpc) is 3.18. The van der Waals surface area contributed by atoms with Crippen LogP contribution < -0.4 is 0 Å². The van der Waals surface area contributed by atoms with E-state index in [1.165, 1.54) is 0 Å². The van der Waals surface area contributed by atoms with Crippen LogP contribution in [0.4, 0.5) is 0 Å². The van der Waals surface area contributed by atoms with E-state index >= 15 is 0 Å². The van der Waals surface area contributed by atoms with Crippen molar-refractivity contribution in [3.63, 3.8) is 0 Å². The van der Waals surface area contributed by atoms with Crippen molar-refractivity contribution in [2.45, 2.75) is 19.4 Å². The fourth-order valence-electron chi connectivity index (χ4n) is 3.02. The molecule has 1 fully saturated rings. The highest BCUT2D eigenvalue weighted by molar-refractivity contribution is 6.06. The first-order valence-electron chi connectivity index (χ1n) is 7.59. The van der Waals surface area contributed by atoms with Gasteiger partial charge in [-0.3, -0.25) is 9.78 Å². The number of rotatable bonds is 3. The topological polar surface area (TPSA) is 54.8 Å². The molecular formula is C17H17N3O2. The number of pyridine rings is 1. The van der Waals surface area contributed by atoms with E-state index in [2.05, 4.69) is 16.2 Å². The van der Waals surface area contributed by atoms with Crippen molar-refractivity contribution in [2.75, 3.05) is 13.2 Å². The van der Waals surface area contributed by atoms with Crippen LogP contribution in [-0.2, 0) is 16.1 Å². The Hall–Kier alpha value is -2.27. The Kier molecular flexibility index (Phi) is 3.35. The number of nitrogens with zero attached hydrogens (tertiary/aromatic N) is 3. The summed E-state index contributed by atoms with van der Waals surface area (Å²) in [5.74, 6) is 0.374. The van der Waals surface area contributed by atoms with Crippen LogP contribution in [0.2, 0.25) is 0 Å². The van der Waals surface area contributed by atoms with Gasteiger partial charge in [-0.1, -0.05) is 18.2 Å². The fraction of sp³-hybridized carbons (Fsp3) is 0.353. The largest absolute Gasteiger partial charge is 0.381 e. The lowest BCUT2D eigenvalue weighted by molar-refractivity contribution is -0.129. The zero-order valence-corrected chi connectivity index (χ0v) is 12.2. The third-order valence-corrected chi connectivity index (χ3v) is 4.25. The highest BCUT2D eigenvalue weighted by Crippen LogP contribution is 2.23. The summed E-state index contributed by atoms with van der Waals surface area (Å²) in [6, 6.07) is 10.0. The molecule has 0 saturated carbocycles. The summed E-state index contributed by atoms with van der Waals surface area (Å²) in [6.45, 7) is 1.94. The zero-order chi connectivity index (χ0) is 14.9. The van der Waals surface area contributed by atoms with E-state index in [4.69, 9.17) is 4.74 Å². The maximum Gasteiger partial charge on any atom is 0.248 e. The maximum atomic E-state index is 12.2. The number of fused-ring (bicyclic) bond motifs is 1. The second-order valence-electron chi connectivity index (χ2n) is 5.82. The van der Waals surface area contributed by atoms with Crippen LogP contribution in [0.5, 0.6) is 0 Å². The molecule has 2 aliphatic rings. The Morgan fingerprint density at radius 1 is 1.32 bits per heavy atom. The third-order valence-electron chi connectivity index (χ3n) is 4.25. The minimum absolute atomic E-state index is 0.0649. The summed E-state index contributed by atoms with van der Waals surface area (Å²) in [5, 5.41) is 7.17. The Bertz CT molecular complexity index is 750. The number of carbonyl (C=O) groups excluding carboxylic acids is 1. The molecule has 2 aromatic rings. The summed E-state index contributed by atoms with van der Waals surface area (Å²) in [4.78, 5) is 16.6. The van der Waals surface area contributed by atoms with E-state index in [9.17, 15) is 4.79 Å². The van der Waals surface area contributed by atoms with Crippen molar-refractivity contribution in [3.8, 4) is 0 Å². The van der Waals surface area contributed by atoms with Gasteiger partial charge in [0.2, 0.25) is 5.91 Å². The Labute approximate surface area is 128 Å². The molecule has 0 bridgehead atoms. The second-order valence-corrected chi connectivity index (χ2v) is 5.82. The van der Waals surface area contributed by atoms with Crippen LogP contribution in [0.3, 0.4) is 0 Å². The monoisotopic (exact) mass is 295 g/mol. The van der Waals surface area contributed by atoms with E-state index < -0.39 is 0 Å². The van der Waals surface area contributed by atoms with Crippen LogP contribution in [0.25, 0.3) is 10.9 Å². The van der Waals surface area contributed by atoms with Gasteiger partial charge >= 0.3 is 0 Å². The fourth-order valence-corrected chi connectivity index (χ4v) is 3.02. The molecule has 112 valence electrons. The molecule has 3 heterocycles. The number of aromatic nitrogens is 1. The van der Waals surface area contributed by atoms with E-state index in [1.807, 2.05) is 30.5 Å². The molecule has 1 atom stereocenters. The van der Waals surface area contributed by atoms with Crippen molar-refractivity contribution in [1.29, 1.82) is 0 Å². The van der Waals surface area contributed by atoms with Gasteiger partial charge < -0.3 is 4.74 Å². The van der Waals surface area contributed by atoms with Crippen LogP contribution >= 0.6 is 0 Å². The molecule has 0 radical (unpaired) electrons. The van der Waals surface area contributed by atoms with Gasteiger partial charge in [0.25, 0.3) is 0 Å². The Morgan fingerprint density at radius 2 is 2.23 bits per heavy atom. The molecule has 2 aliphatic heterocycles. The lowest BCUT2D eigenvalue weighted by Crippen LogP contribution is -2.20. The van der Waals surface area contributed by atoms with Crippen molar-refractivity contribution >= 4 is 22.5 Å². The molecule has 1 unspecified atom stereocenters. The standard InChI is InChI=1S/C17H17N3O2/c21-17-8-16(14-5-6-22-11-14)19-20(17)10-12-7-13-3-1-2-4-15(13)18-9-12/h1-4,7,9,14H,5-6,8,10-11H2. The molecule has 1 saturated heterocycles. The summed E-state index contributed by atoms with van der Waals surface area (Å²) in [5.41, 5.74) is 2.93. The van der Waals surface area contributed by atoms with E-state index in [0.717, 1.165) is 35.2 Å². The minimum Gasteiger partial charge on any atom is -0.381 e. The smallest absolute Gasteiger partial charge is 0.248 e. The highest BCUT2D eigenvalue weighted by atomic mass is 16.5. The number of hydrogen-bond acceptors (Lipinski definition) is 4. The molecule has 5 heteroatoms. The summed E-state index contributed by atoms with van der Waals surface area (Å²) in [6.07, 6.45) is 3.22. The molecule has 0 N–H and O–H groups in total. The van der Waals surface area contributed by atoms with Crippen molar-refractivity contribution in [1.82, 2.24) is 9.99 Å². The van der Waals surface area contributed by atoms with Gasteiger partial charge in [-0.25, -0.2) is 5.01 Å². The highest BCUT2D eigenvalue weighted by Gasteiger charge is 2.31. The Balaban J connectivity index is 1.55. The lowest BCUT2D eigenvalue weighted by Gasteiger charge is -2.12. The molecular weight excluding hydrogens is 278 g/mol. The third kappa shape index (κ3) is 2.48. The first-order valence-corrected chi connectivity index (χ1v) is 7.59. The first-order chi connectivity index (χ1) is 10.8. The SMILES string of the molecule is O=C1CC(C2CCOC2)=NN1Cc1cnc2ccccc2c1. The number of hydrogen-bond donors (Lipinski definition) is 0. The number of hydrazone groups is 1. The molecule has 5 nitrogen and oxygen atoms in total. The number of amides is 1. The molecule has 1 aromatic carbocycles. The van der Waals surface area contributed by atoms with Gasteiger partial charge in [0.05, 0.1) is 30.8 Å². The van der Waals surface area contributed by atoms with Crippen LogP contribution in [0.1, 0.15) is 18.4 Å². The summed E-state index contributed by atoms with van der Waals surface area (Å²) >= 11 is 0. The second kappa shape index (κ2) is 5.50. The van der Waals surface area contributed by atoms with Gasteiger partial charge in [0, 0.05) is 24.1 Å². The first kappa shape index (κ1) is 13.4. The molecule has 1 aromatic heterocycles. The molecule has 0 spiro atoms. The quantitative estimate of drug-likeness (QED) is 0.873. The molecule has 22 heavy (non-hydrogen) atoms. The summed E-state index contributed by atoms with van der Waals surface area (Å²) in [7, 11) is 0. The lowest BCUT2D eigenvalue weighted by atomic mass is 10.0. The number of ether oxygens (including phenoxy) is 1. The molecule has 1 amide bonds. The predicted molar refractivity (Wildman–Crippen MR) is 83.3 cm³/mol. The number of benzene rings is 1. The summed E-state index contributed by atoms with van der Waals surface area (Å²) < 4.78 is 5.39. The van der Waals surface area contributed by atoms with Crippen molar-refractivity contribution < 1.29 is 9.53 Å². The van der Waals surface area contributed by atoms with Crippen molar-refractivity contribution in [2.24, 2.45) is 11.0 Å². The number of carbonyl (C=O) groups is 1. The van der Waals surface area contributed by atoms with Crippen LogP contribution in [0.15, 0.2) is 41.6 Å². The predicted octanol–water partition coefficient (Wildman–Crippen LogP) is 2.36. The van der Waals surface area contributed by atoms with Gasteiger partial charge in [0.1, 0.15) is 0 Å². The molecule has 4 rings (SSSR count). The normalized spacial score (nSPS) is 21.6. The Morgan fingerprint density at radius 3 is 3.09 bits per heavy atom. The van der Waals surface area contributed by atoms with E-state index in [-0.39, 0.29) is 5.91 Å². The van der Waals surface area contributed by atoms with Crippen LogP contribution in [0, 0.1) is 5.92 Å². The molecule has 0 aliphatic carbocycles. The minimum atomic E-state index is 0.0649. The van der Waals surface area contributed by atoms with E-state index in [1.54, 1.807) is 5.01 Å².